The lowest BCUT2D eigenvalue weighted by Gasteiger charge is -2.17. The Kier molecular flexibility index (Phi) is 6.33. The highest BCUT2D eigenvalue weighted by atomic mass is 35.5. The number of esters is 1. The van der Waals surface area contributed by atoms with E-state index in [1.54, 1.807) is 43.3 Å². The number of ether oxygens (including phenoxy) is 1. The van der Waals surface area contributed by atoms with Crippen LogP contribution in [0.25, 0.3) is 0 Å². The van der Waals surface area contributed by atoms with E-state index in [0.29, 0.717) is 26.3 Å². The van der Waals surface area contributed by atoms with E-state index >= 15 is 0 Å². The van der Waals surface area contributed by atoms with Gasteiger partial charge in [-0.15, -0.1) is 0 Å². The molecule has 0 amide bonds. The summed E-state index contributed by atoms with van der Waals surface area (Å²) in [5, 5.41) is 13.8. The summed E-state index contributed by atoms with van der Waals surface area (Å²) in [6.45, 7) is 1.69. The molecular weight excluding hydrogens is 371 g/mol. The highest BCUT2D eigenvalue weighted by Gasteiger charge is 2.18. The van der Waals surface area contributed by atoms with Crippen LogP contribution in [0, 0.1) is 11.3 Å². The maximum absolute atomic E-state index is 11.6. The van der Waals surface area contributed by atoms with Crippen molar-refractivity contribution in [2.24, 2.45) is 0 Å². The van der Waals surface area contributed by atoms with E-state index in [0.717, 1.165) is 0 Å². The molecule has 2 aromatic carbocycles. The van der Waals surface area contributed by atoms with E-state index in [9.17, 15) is 10.1 Å². The number of carbonyl (C=O) groups is 1. The molecule has 1 atom stereocenters. The van der Waals surface area contributed by atoms with Gasteiger partial charge in [0.2, 0.25) is 0 Å². The Labute approximate surface area is 154 Å². The summed E-state index contributed by atoms with van der Waals surface area (Å²) >= 11 is 18.0. The van der Waals surface area contributed by atoms with Crippen LogP contribution in [0.1, 0.15) is 24.9 Å². The zero-order valence-corrected chi connectivity index (χ0v) is 14.9. The molecule has 124 valence electrons. The van der Waals surface area contributed by atoms with Gasteiger partial charge in [0.1, 0.15) is 11.8 Å². The summed E-state index contributed by atoms with van der Waals surface area (Å²) in [7, 11) is 0. The Hall–Kier alpha value is -1.93. The van der Waals surface area contributed by atoms with Gasteiger partial charge in [-0.25, -0.2) is 0 Å². The molecule has 0 aromatic heterocycles. The molecule has 2 aromatic rings. The number of nitriles is 1. The van der Waals surface area contributed by atoms with Crippen molar-refractivity contribution in [2.75, 3.05) is 5.32 Å². The predicted octanol–water partition coefficient (Wildman–Crippen LogP) is 5.64. The molecule has 7 heteroatoms. The van der Waals surface area contributed by atoms with Crippen molar-refractivity contribution in [3.63, 3.8) is 0 Å². The van der Waals surface area contributed by atoms with Crippen molar-refractivity contribution in [3.8, 4) is 11.8 Å². The molecule has 4 nitrogen and oxygen atoms in total. The molecule has 0 saturated heterocycles. The van der Waals surface area contributed by atoms with Crippen LogP contribution >= 0.6 is 34.8 Å². The molecule has 0 aliphatic rings. The number of nitrogens with zero attached hydrogens (tertiary/aromatic N) is 1. The molecule has 24 heavy (non-hydrogen) atoms. The van der Waals surface area contributed by atoms with Crippen molar-refractivity contribution in [3.05, 3.63) is 57.0 Å². The molecular formula is C17H13Cl3N2O2. The second kappa shape index (κ2) is 8.25. The van der Waals surface area contributed by atoms with Crippen LogP contribution in [0.3, 0.4) is 0 Å². The maximum Gasteiger partial charge on any atom is 0.310 e. The Bertz CT molecular complexity index is 783. The minimum Gasteiger partial charge on any atom is -0.426 e. The zero-order valence-electron chi connectivity index (χ0n) is 12.6. The van der Waals surface area contributed by atoms with Gasteiger partial charge in [0.15, 0.2) is 0 Å². The number of nitrogens with one attached hydrogen (secondary N) is 1. The monoisotopic (exact) mass is 382 g/mol. The van der Waals surface area contributed by atoms with E-state index in [-0.39, 0.29) is 12.2 Å². The Morgan fingerprint density at radius 1 is 1.17 bits per heavy atom. The molecule has 1 N–H and O–H groups in total. The minimum atomic E-state index is -0.808. The van der Waals surface area contributed by atoms with Crippen LogP contribution in [-0.4, -0.2) is 5.97 Å². The molecule has 0 saturated carbocycles. The number of carbonyl (C=O) groups excluding carboxylic acids is 1. The smallest absolute Gasteiger partial charge is 0.310 e. The first-order valence-electron chi connectivity index (χ1n) is 7.05. The maximum atomic E-state index is 11.6. The van der Waals surface area contributed by atoms with Crippen LogP contribution in [0.2, 0.25) is 15.1 Å². The fourth-order valence-electron chi connectivity index (χ4n) is 2.02. The molecule has 0 bridgehead atoms. The highest BCUT2D eigenvalue weighted by Crippen LogP contribution is 2.32. The fourth-order valence-corrected chi connectivity index (χ4v) is 2.72. The van der Waals surface area contributed by atoms with Crippen molar-refractivity contribution in [1.29, 1.82) is 5.26 Å². The molecule has 0 aliphatic carbocycles. The Morgan fingerprint density at radius 3 is 2.42 bits per heavy atom. The number of rotatable bonds is 5. The minimum absolute atomic E-state index is 0.219. The number of hydrogen-bond donors (Lipinski definition) is 1. The topological polar surface area (TPSA) is 62.1 Å². The quantitative estimate of drug-likeness (QED) is 0.536. The summed E-state index contributed by atoms with van der Waals surface area (Å²) in [5.74, 6) is -0.125. The number of halogens is 3. The first-order valence-corrected chi connectivity index (χ1v) is 8.18. The molecule has 1 unspecified atom stereocenters. The first kappa shape index (κ1) is 18.4. The van der Waals surface area contributed by atoms with Gasteiger partial charge < -0.3 is 10.1 Å². The van der Waals surface area contributed by atoms with Gasteiger partial charge in [-0.3, -0.25) is 4.79 Å². The van der Waals surface area contributed by atoms with Crippen molar-refractivity contribution >= 4 is 46.5 Å². The van der Waals surface area contributed by atoms with Gasteiger partial charge in [0.25, 0.3) is 0 Å². The average molecular weight is 384 g/mol. The summed E-state index contributed by atoms with van der Waals surface area (Å²) in [4.78, 5) is 11.6. The van der Waals surface area contributed by atoms with E-state index in [4.69, 9.17) is 39.5 Å². The third-order valence-corrected chi connectivity index (χ3v) is 3.77. The zero-order chi connectivity index (χ0) is 17.7. The largest absolute Gasteiger partial charge is 0.426 e. The van der Waals surface area contributed by atoms with Gasteiger partial charge in [0.05, 0.1) is 6.07 Å². The van der Waals surface area contributed by atoms with Crippen molar-refractivity contribution < 1.29 is 9.53 Å². The van der Waals surface area contributed by atoms with Crippen LogP contribution in [0.4, 0.5) is 5.69 Å². The van der Waals surface area contributed by atoms with Crippen molar-refractivity contribution in [1.82, 2.24) is 0 Å². The third kappa shape index (κ3) is 4.78. The Morgan fingerprint density at radius 2 is 1.83 bits per heavy atom. The van der Waals surface area contributed by atoms with E-state index < -0.39 is 12.0 Å². The Balaban J connectivity index is 2.37. The predicted molar refractivity (Wildman–Crippen MR) is 95.8 cm³/mol. The number of benzene rings is 2. The molecule has 0 aliphatic heterocycles. The third-order valence-electron chi connectivity index (χ3n) is 3.10. The van der Waals surface area contributed by atoms with E-state index in [2.05, 4.69) is 11.4 Å². The SMILES string of the molecule is CCC(=O)Oc1ccc(Cl)cc1C(C#N)Nc1cc(Cl)cc(Cl)c1. The second-order valence-electron chi connectivity index (χ2n) is 4.87. The van der Waals surface area contributed by atoms with Crippen LogP contribution in [0.15, 0.2) is 36.4 Å². The fraction of sp³-hybridized carbons (Fsp3) is 0.176. The molecule has 2 rings (SSSR count). The average Bonchev–Trinajstić information content (AvgIpc) is 2.53. The molecule has 0 fully saturated rings. The number of hydrogen-bond acceptors (Lipinski definition) is 4. The molecule has 0 spiro atoms. The molecule has 0 radical (unpaired) electrons. The van der Waals surface area contributed by atoms with E-state index in [1.807, 2.05) is 0 Å². The summed E-state index contributed by atoms with van der Waals surface area (Å²) in [6, 6.07) is 10.9. The second-order valence-corrected chi connectivity index (χ2v) is 6.18. The van der Waals surface area contributed by atoms with Crippen molar-refractivity contribution in [2.45, 2.75) is 19.4 Å². The number of anilines is 1. The lowest BCUT2D eigenvalue weighted by atomic mass is 10.1. The van der Waals surface area contributed by atoms with Crippen LogP contribution < -0.4 is 10.1 Å². The summed E-state index contributed by atoms with van der Waals surface area (Å²) < 4.78 is 5.28. The van der Waals surface area contributed by atoms with Gasteiger partial charge in [0, 0.05) is 32.7 Å². The van der Waals surface area contributed by atoms with Gasteiger partial charge in [-0.05, 0) is 36.4 Å². The highest BCUT2D eigenvalue weighted by molar-refractivity contribution is 6.35. The first-order chi connectivity index (χ1) is 11.4. The molecule has 0 heterocycles. The normalized spacial score (nSPS) is 11.5. The van der Waals surface area contributed by atoms with E-state index in [1.165, 1.54) is 0 Å². The van der Waals surface area contributed by atoms with Crippen LogP contribution in [0.5, 0.6) is 5.75 Å². The summed E-state index contributed by atoms with van der Waals surface area (Å²) in [6.07, 6.45) is 0.219. The van der Waals surface area contributed by atoms with Gasteiger partial charge in [-0.1, -0.05) is 41.7 Å². The van der Waals surface area contributed by atoms with Crippen LogP contribution in [-0.2, 0) is 4.79 Å². The lowest BCUT2D eigenvalue weighted by molar-refractivity contribution is -0.134. The van der Waals surface area contributed by atoms with Gasteiger partial charge in [-0.2, -0.15) is 5.26 Å². The lowest BCUT2D eigenvalue weighted by Crippen LogP contribution is -2.13. The summed E-state index contributed by atoms with van der Waals surface area (Å²) in [5.41, 5.74) is 1.01. The van der Waals surface area contributed by atoms with Gasteiger partial charge >= 0.3 is 5.97 Å². The standard InChI is InChI=1S/C17H13Cl3N2O2/c1-2-17(23)24-16-4-3-10(18)8-14(16)15(9-21)22-13-6-11(19)5-12(20)7-13/h3-8,15,22H,2H2,1H3.